The standard InChI is InChI=1S/C19H25N5O4/c1-5-13-10-17(25)22-19(20-13)24-16(8-11(2)23-24)21-18(26)12-6-7-14(27-3)15(9-12)28-4/h6-9,13,19-20H,5,10H2,1-4H3,(H,21,26)(H,22,25). The summed E-state index contributed by atoms with van der Waals surface area (Å²) in [6.45, 7) is 3.84. The van der Waals surface area contributed by atoms with Crippen LogP contribution in [0.15, 0.2) is 24.3 Å². The van der Waals surface area contributed by atoms with E-state index in [9.17, 15) is 9.59 Å². The summed E-state index contributed by atoms with van der Waals surface area (Å²) in [5.41, 5.74) is 1.13. The Hall–Kier alpha value is -3.07. The molecule has 9 nitrogen and oxygen atoms in total. The van der Waals surface area contributed by atoms with Crippen molar-refractivity contribution in [2.75, 3.05) is 19.5 Å². The normalized spacial score (nSPS) is 19.1. The van der Waals surface area contributed by atoms with Crippen LogP contribution in [0.25, 0.3) is 0 Å². The predicted molar refractivity (Wildman–Crippen MR) is 103 cm³/mol. The molecule has 0 bridgehead atoms. The predicted octanol–water partition coefficient (Wildman–Crippen LogP) is 1.81. The molecule has 28 heavy (non-hydrogen) atoms. The van der Waals surface area contributed by atoms with Crippen LogP contribution in [0.3, 0.4) is 0 Å². The van der Waals surface area contributed by atoms with E-state index in [0.717, 1.165) is 12.1 Å². The fourth-order valence-electron chi connectivity index (χ4n) is 3.13. The summed E-state index contributed by atoms with van der Waals surface area (Å²) in [7, 11) is 3.05. The van der Waals surface area contributed by atoms with Crippen LogP contribution in [0.2, 0.25) is 0 Å². The molecule has 1 aromatic carbocycles. The lowest BCUT2D eigenvalue weighted by Crippen LogP contribution is -2.53. The number of carbonyl (C=O) groups is 2. The first-order valence-corrected chi connectivity index (χ1v) is 9.10. The molecule has 150 valence electrons. The van der Waals surface area contributed by atoms with Crippen molar-refractivity contribution in [3.8, 4) is 11.5 Å². The molecule has 2 aromatic rings. The molecule has 3 rings (SSSR count). The summed E-state index contributed by atoms with van der Waals surface area (Å²) in [6.07, 6.45) is 0.707. The molecule has 1 aliphatic rings. The third-order valence-electron chi connectivity index (χ3n) is 4.61. The first-order chi connectivity index (χ1) is 13.4. The minimum Gasteiger partial charge on any atom is -0.493 e. The lowest BCUT2D eigenvalue weighted by Gasteiger charge is -2.31. The summed E-state index contributed by atoms with van der Waals surface area (Å²) < 4.78 is 12.0. The molecule has 0 aliphatic carbocycles. The zero-order chi connectivity index (χ0) is 20.3. The van der Waals surface area contributed by atoms with Crippen LogP contribution in [0.1, 0.15) is 42.1 Å². The van der Waals surface area contributed by atoms with Gasteiger partial charge in [0.05, 0.1) is 19.9 Å². The molecule has 1 aliphatic heterocycles. The zero-order valence-corrected chi connectivity index (χ0v) is 16.4. The summed E-state index contributed by atoms with van der Waals surface area (Å²) in [4.78, 5) is 24.8. The van der Waals surface area contributed by atoms with Crippen LogP contribution in [-0.4, -0.2) is 41.9 Å². The maximum absolute atomic E-state index is 12.8. The second-order valence-electron chi connectivity index (χ2n) is 6.59. The summed E-state index contributed by atoms with van der Waals surface area (Å²) in [5.74, 6) is 1.11. The average molecular weight is 387 g/mol. The second-order valence-corrected chi connectivity index (χ2v) is 6.59. The number of aryl methyl sites for hydroxylation is 1. The van der Waals surface area contributed by atoms with Crippen LogP contribution in [0, 0.1) is 6.92 Å². The highest BCUT2D eigenvalue weighted by Gasteiger charge is 2.28. The first-order valence-electron chi connectivity index (χ1n) is 9.10. The molecule has 1 fully saturated rings. The van der Waals surface area contributed by atoms with Crippen molar-refractivity contribution >= 4 is 17.6 Å². The number of aromatic nitrogens is 2. The van der Waals surface area contributed by atoms with E-state index in [-0.39, 0.29) is 17.9 Å². The van der Waals surface area contributed by atoms with Crippen molar-refractivity contribution in [3.63, 3.8) is 0 Å². The third kappa shape index (κ3) is 4.09. The number of nitrogens with zero attached hydrogens (tertiary/aromatic N) is 2. The summed E-state index contributed by atoms with van der Waals surface area (Å²) >= 11 is 0. The van der Waals surface area contributed by atoms with Gasteiger partial charge in [0.25, 0.3) is 5.91 Å². The highest BCUT2D eigenvalue weighted by molar-refractivity contribution is 6.04. The third-order valence-corrected chi connectivity index (χ3v) is 4.61. The van der Waals surface area contributed by atoms with Gasteiger partial charge in [-0.2, -0.15) is 5.10 Å². The number of amides is 2. The topological polar surface area (TPSA) is 107 Å². The van der Waals surface area contributed by atoms with Crippen molar-refractivity contribution in [1.29, 1.82) is 0 Å². The zero-order valence-electron chi connectivity index (χ0n) is 16.4. The van der Waals surface area contributed by atoms with Gasteiger partial charge < -0.3 is 20.1 Å². The van der Waals surface area contributed by atoms with Gasteiger partial charge in [0.1, 0.15) is 5.82 Å². The first kappa shape index (κ1) is 19.7. The quantitative estimate of drug-likeness (QED) is 0.698. The van der Waals surface area contributed by atoms with E-state index in [1.807, 2.05) is 13.8 Å². The molecule has 2 amide bonds. The molecule has 0 spiro atoms. The maximum Gasteiger partial charge on any atom is 0.256 e. The smallest absolute Gasteiger partial charge is 0.256 e. The van der Waals surface area contributed by atoms with E-state index in [4.69, 9.17) is 9.47 Å². The Balaban J connectivity index is 1.83. The number of rotatable bonds is 6. The Bertz CT molecular complexity index is 879. The van der Waals surface area contributed by atoms with Crippen molar-refractivity contribution in [3.05, 3.63) is 35.5 Å². The minimum atomic E-state index is -0.527. The van der Waals surface area contributed by atoms with Gasteiger partial charge in [0.15, 0.2) is 17.8 Å². The molecule has 2 atom stereocenters. The van der Waals surface area contributed by atoms with Gasteiger partial charge in [-0.05, 0) is 31.5 Å². The van der Waals surface area contributed by atoms with Gasteiger partial charge in [0.2, 0.25) is 5.91 Å². The fourth-order valence-corrected chi connectivity index (χ4v) is 3.13. The van der Waals surface area contributed by atoms with Crippen LogP contribution in [0.4, 0.5) is 5.82 Å². The van der Waals surface area contributed by atoms with Crippen LogP contribution in [0.5, 0.6) is 11.5 Å². The van der Waals surface area contributed by atoms with Crippen LogP contribution < -0.4 is 25.4 Å². The van der Waals surface area contributed by atoms with Gasteiger partial charge in [-0.25, -0.2) is 4.68 Å². The Morgan fingerprint density at radius 3 is 2.71 bits per heavy atom. The molecule has 1 saturated heterocycles. The highest BCUT2D eigenvalue weighted by atomic mass is 16.5. The van der Waals surface area contributed by atoms with Gasteiger partial charge in [-0.1, -0.05) is 6.92 Å². The van der Waals surface area contributed by atoms with E-state index >= 15 is 0 Å². The molecule has 2 heterocycles. The van der Waals surface area contributed by atoms with Crippen molar-refractivity contribution in [2.24, 2.45) is 0 Å². The molecular formula is C19H25N5O4. The number of anilines is 1. The minimum absolute atomic E-state index is 0.0534. The maximum atomic E-state index is 12.8. The van der Waals surface area contributed by atoms with Gasteiger partial charge in [-0.3, -0.25) is 14.9 Å². The Labute approximate surface area is 163 Å². The number of ether oxygens (including phenoxy) is 2. The van der Waals surface area contributed by atoms with Crippen molar-refractivity contribution in [1.82, 2.24) is 20.4 Å². The number of hydrogen-bond donors (Lipinski definition) is 3. The molecule has 0 saturated carbocycles. The molecular weight excluding hydrogens is 362 g/mol. The molecule has 2 unspecified atom stereocenters. The Morgan fingerprint density at radius 2 is 2.04 bits per heavy atom. The monoisotopic (exact) mass is 387 g/mol. The van der Waals surface area contributed by atoms with E-state index < -0.39 is 6.29 Å². The van der Waals surface area contributed by atoms with Gasteiger partial charge >= 0.3 is 0 Å². The van der Waals surface area contributed by atoms with Gasteiger partial charge in [0, 0.05) is 24.1 Å². The van der Waals surface area contributed by atoms with Gasteiger partial charge in [-0.15, -0.1) is 0 Å². The molecule has 3 N–H and O–H groups in total. The number of benzene rings is 1. The van der Waals surface area contributed by atoms with E-state index in [2.05, 4.69) is 21.0 Å². The number of methoxy groups -OCH3 is 2. The number of nitrogens with one attached hydrogen (secondary N) is 3. The Morgan fingerprint density at radius 1 is 1.29 bits per heavy atom. The Kier molecular flexibility index (Phi) is 5.84. The van der Waals surface area contributed by atoms with Crippen LogP contribution >= 0.6 is 0 Å². The van der Waals surface area contributed by atoms with E-state index in [1.165, 1.54) is 14.2 Å². The van der Waals surface area contributed by atoms with Crippen molar-refractivity contribution in [2.45, 2.75) is 39.0 Å². The lowest BCUT2D eigenvalue weighted by atomic mass is 10.1. The lowest BCUT2D eigenvalue weighted by molar-refractivity contribution is -0.125. The summed E-state index contributed by atoms with van der Waals surface area (Å²) in [5, 5.41) is 13.5. The molecule has 1 aromatic heterocycles. The second kappa shape index (κ2) is 8.30. The molecule has 9 heteroatoms. The SMILES string of the molecule is CCC1CC(=O)NC(n2nc(C)cc2NC(=O)c2ccc(OC)c(OC)c2)N1. The average Bonchev–Trinajstić information content (AvgIpc) is 3.06. The highest BCUT2D eigenvalue weighted by Crippen LogP contribution is 2.28. The number of hydrogen-bond acceptors (Lipinski definition) is 6. The van der Waals surface area contributed by atoms with E-state index in [0.29, 0.717) is 29.3 Å². The van der Waals surface area contributed by atoms with Crippen LogP contribution in [-0.2, 0) is 4.79 Å². The summed E-state index contributed by atoms with van der Waals surface area (Å²) in [6, 6.07) is 6.73. The number of carbonyl (C=O) groups excluding carboxylic acids is 2. The fraction of sp³-hybridized carbons (Fsp3) is 0.421. The van der Waals surface area contributed by atoms with Crippen molar-refractivity contribution < 1.29 is 19.1 Å². The molecule has 0 radical (unpaired) electrons. The van der Waals surface area contributed by atoms with E-state index in [1.54, 1.807) is 28.9 Å². The largest absolute Gasteiger partial charge is 0.493 e.